The van der Waals surface area contributed by atoms with Crippen LogP contribution in [0.15, 0.2) is 35.9 Å². The zero-order valence-corrected chi connectivity index (χ0v) is 18.2. The second-order valence-corrected chi connectivity index (χ2v) is 8.72. The van der Waals surface area contributed by atoms with Gasteiger partial charge in [-0.05, 0) is 48.2 Å². The maximum absolute atomic E-state index is 13.3. The summed E-state index contributed by atoms with van der Waals surface area (Å²) in [4.78, 5) is 13.3. The normalized spacial score (nSPS) is 23.4. The third-order valence-electron chi connectivity index (χ3n) is 6.83. The smallest absolute Gasteiger partial charge is 0.341 e. The fourth-order valence-corrected chi connectivity index (χ4v) is 5.19. The van der Waals surface area contributed by atoms with Gasteiger partial charge in [-0.15, -0.1) is 0 Å². The molecular weight excluding hydrogens is 428 g/mol. The SMILES string of the molecule is COc1cc(C2=C(CC3CCCC3)C(O)(c3ccc4c(c3)OCO4)OC2=O)cc2c1OCO2. The molecule has 8 nitrogen and oxygen atoms in total. The van der Waals surface area contributed by atoms with E-state index in [-0.39, 0.29) is 13.6 Å². The molecule has 1 unspecified atom stereocenters. The van der Waals surface area contributed by atoms with E-state index in [0.29, 0.717) is 63.4 Å². The average Bonchev–Trinajstić information content (AvgIpc) is 3.60. The van der Waals surface area contributed by atoms with E-state index in [1.165, 1.54) is 7.11 Å². The van der Waals surface area contributed by atoms with Crippen molar-refractivity contribution in [3.63, 3.8) is 0 Å². The van der Waals surface area contributed by atoms with E-state index in [4.69, 9.17) is 28.4 Å². The first kappa shape index (κ1) is 20.2. The number of esters is 1. The largest absolute Gasteiger partial charge is 0.493 e. The average molecular weight is 452 g/mol. The zero-order valence-electron chi connectivity index (χ0n) is 18.2. The number of methoxy groups -OCH3 is 1. The molecule has 4 aliphatic rings. The van der Waals surface area contributed by atoms with Crippen LogP contribution in [-0.4, -0.2) is 31.8 Å². The Morgan fingerprint density at radius 3 is 2.58 bits per heavy atom. The molecule has 0 bridgehead atoms. The summed E-state index contributed by atoms with van der Waals surface area (Å²) in [7, 11) is 1.53. The monoisotopic (exact) mass is 452 g/mol. The number of cyclic esters (lactones) is 1. The Morgan fingerprint density at radius 1 is 1.00 bits per heavy atom. The van der Waals surface area contributed by atoms with Crippen molar-refractivity contribution < 1.29 is 38.3 Å². The van der Waals surface area contributed by atoms with Gasteiger partial charge < -0.3 is 33.5 Å². The topological polar surface area (TPSA) is 92.7 Å². The van der Waals surface area contributed by atoms with Crippen molar-refractivity contribution in [2.24, 2.45) is 5.92 Å². The number of fused-ring (bicyclic) bond motifs is 2. The molecule has 0 spiro atoms. The lowest BCUT2D eigenvalue weighted by atomic mass is 9.85. The summed E-state index contributed by atoms with van der Waals surface area (Å²) in [5, 5.41) is 11.9. The van der Waals surface area contributed by atoms with Crippen molar-refractivity contribution in [3.8, 4) is 28.7 Å². The second-order valence-electron chi connectivity index (χ2n) is 8.72. The van der Waals surface area contributed by atoms with Gasteiger partial charge in [-0.3, -0.25) is 0 Å². The molecule has 1 N–H and O–H groups in total. The van der Waals surface area contributed by atoms with Crippen LogP contribution >= 0.6 is 0 Å². The molecule has 3 heterocycles. The molecule has 0 aromatic heterocycles. The molecule has 2 aromatic carbocycles. The number of carbonyl (C=O) groups excluding carboxylic acids is 1. The number of benzene rings is 2. The van der Waals surface area contributed by atoms with E-state index >= 15 is 0 Å². The summed E-state index contributed by atoms with van der Waals surface area (Å²) in [6.45, 7) is 0.193. The van der Waals surface area contributed by atoms with Crippen LogP contribution in [0.3, 0.4) is 0 Å². The summed E-state index contributed by atoms with van der Waals surface area (Å²) in [5.41, 5.74) is 1.86. The van der Waals surface area contributed by atoms with Gasteiger partial charge in [0.15, 0.2) is 23.0 Å². The number of rotatable bonds is 5. The minimum atomic E-state index is -1.90. The number of aliphatic hydroxyl groups is 1. The van der Waals surface area contributed by atoms with Crippen LogP contribution in [0.1, 0.15) is 43.2 Å². The van der Waals surface area contributed by atoms with Crippen LogP contribution < -0.4 is 23.7 Å². The summed E-state index contributed by atoms with van der Waals surface area (Å²) >= 11 is 0. The highest BCUT2D eigenvalue weighted by molar-refractivity contribution is 6.20. The number of hydrogen-bond donors (Lipinski definition) is 1. The van der Waals surface area contributed by atoms with Crippen molar-refractivity contribution in [1.29, 1.82) is 0 Å². The molecule has 3 aliphatic heterocycles. The Hall–Kier alpha value is -3.39. The van der Waals surface area contributed by atoms with Crippen LogP contribution in [0.4, 0.5) is 0 Å². The molecule has 6 rings (SSSR count). The van der Waals surface area contributed by atoms with Crippen LogP contribution in [0, 0.1) is 5.92 Å². The maximum atomic E-state index is 13.3. The third-order valence-corrected chi connectivity index (χ3v) is 6.83. The molecule has 2 aromatic rings. The van der Waals surface area contributed by atoms with Crippen molar-refractivity contribution in [2.45, 2.75) is 37.9 Å². The Balaban J connectivity index is 1.51. The van der Waals surface area contributed by atoms with E-state index in [9.17, 15) is 9.90 Å². The van der Waals surface area contributed by atoms with Gasteiger partial charge in [-0.1, -0.05) is 25.7 Å². The molecule has 1 atom stereocenters. The third kappa shape index (κ3) is 3.20. The standard InChI is InChI=1S/C25H24O8/c1-28-20-9-15(10-21-23(20)32-13-31-21)22-17(8-14-4-2-3-5-14)25(27,33-24(22)26)16-6-7-18-19(11-16)30-12-29-18/h6-7,9-11,14,27H,2-5,8,12-13H2,1H3. The molecule has 172 valence electrons. The highest BCUT2D eigenvalue weighted by Crippen LogP contribution is 2.51. The highest BCUT2D eigenvalue weighted by atomic mass is 16.7. The lowest BCUT2D eigenvalue weighted by molar-refractivity contribution is -0.185. The number of ether oxygens (including phenoxy) is 6. The molecular formula is C25H24O8. The lowest BCUT2D eigenvalue weighted by Crippen LogP contribution is -2.29. The van der Waals surface area contributed by atoms with Gasteiger partial charge in [0, 0.05) is 11.1 Å². The van der Waals surface area contributed by atoms with Crippen molar-refractivity contribution in [1.82, 2.24) is 0 Å². The predicted octanol–water partition coefficient (Wildman–Crippen LogP) is 3.89. The first-order valence-corrected chi connectivity index (χ1v) is 11.1. The Kier molecular flexibility index (Phi) is 4.65. The van der Waals surface area contributed by atoms with Crippen molar-refractivity contribution >= 4 is 11.5 Å². The highest BCUT2D eigenvalue weighted by Gasteiger charge is 2.49. The van der Waals surface area contributed by atoms with Crippen molar-refractivity contribution in [2.75, 3.05) is 20.7 Å². The van der Waals surface area contributed by atoms with E-state index < -0.39 is 11.8 Å². The van der Waals surface area contributed by atoms with E-state index in [0.717, 1.165) is 25.7 Å². The minimum absolute atomic E-state index is 0.0781. The van der Waals surface area contributed by atoms with Gasteiger partial charge in [0.25, 0.3) is 5.79 Å². The lowest BCUT2D eigenvalue weighted by Gasteiger charge is -2.27. The van der Waals surface area contributed by atoms with Crippen LogP contribution in [-0.2, 0) is 15.3 Å². The molecule has 0 saturated heterocycles. The quantitative estimate of drug-likeness (QED) is 0.683. The van der Waals surface area contributed by atoms with E-state index in [1.54, 1.807) is 30.3 Å². The van der Waals surface area contributed by atoms with Crippen molar-refractivity contribution in [3.05, 3.63) is 47.0 Å². The summed E-state index contributed by atoms with van der Waals surface area (Å²) in [5.74, 6) is 0.410. The fraction of sp³-hybridized carbons (Fsp3) is 0.400. The molecule has 1 saturated carbocycles. The van der Waals surface area contributed by atoms with Gasteiger partial charge in [0.1, 0.15) is 0 Å². The number of hydrogen-bond acceptors (Lipinski definition) is 8. The number of carbonyl (C=O) groups is 1. The summed E-state index contributed by atoms with van der Waals surface area (Å²) in [6, 6.07) is 8.57. The summed E-state index contributed by atoms with van der Waals surface area (Å²) < 4.78 is 33.1. The van der Waals surface area contributed by atoms with Crippen LogP contribution in [0.5, 0.6) is 28.7 Å². The maximum Gasteiger partial charge on any atom is 0.341 e. The molecule has 0 amide bonds. The fourth-order valence-electron chi connectivity index (χ4n) is 5.19. The first-order valence-electron chi connectivity index (χ1n) is 11.1. The molecule has 33 heavy (non-hydrogen) atoms. The molecule has 0 radical (unpaired) electrons. The zero-order chi connectivity index (χ0) is 22.6. The van der Waals surface area contributed by atoms with Gasteiger partial charge >= 0.3 is 5.97 Å². The van der Waals surface area contributed by atoms with E-state index in [1.807, 2.05) is 0 Å². The Morgan fingerprint density at radius 2 is 1.76 bits per heavy atom. The second kappa shape index (κ2) is 7.59. The Bertz CT molecular complexity index is 1160. The molecule has 1 aliphatic carbocycles. The predicted molar refractivity (Wildman–Crippen MR) is 115 cm³/mol. The van der Waals surface area contributed by atoms with E-state index in [2.05, 4.69) is 0 Å². The van der Waals surface area contributed by atoms with Gasteiger partial charge in [-0.2, -0.15) is 0 Å². The first-order chi connectivity index (χ1) is 16.1. The van der Waals surface area contributed by atoms with Crippen LogP contribution in [0.25, 0.3) is 5.57 Å². The molecule has 8 heteroatoms. The van der Waals surface area contributed by atoms with Gasteiger partial charge in [-0.25, -0.2) is 4.79 Å². The molecule has 1 fully saturated rings. The minimum Gasteiger partial charge on any atom is -0.493 e. The Labute approximate surface area is 190 Å². The summed E-state index contributed by atoms with van der Waals surface area (Å²) in [6.07, 6.45) is 4.92. The van der Waals surface area contributed by atoms with Gasteiger partial charge in [0.05, 0.1) is 12.7 Å². The van der Waals surface area contributed by atoms with Gasteiger partial charge in [0.2, 0.25) is 19.3 Å². The van der Waals surface area contributed by atoms with Crippen LogP contribution in [0.2, 0.25) is 0 Å².